The van der Waals surface area contributed by atoms with Crippen molar-refractivity contribution in [3.63, 3.8) is 0 Å². The SMILES string of the molecule is [2H]C([2H])([2H])C(c1cc(Br)cc(C=O)c1OC)(C([2H])([2H])[2H])C([2H])([2H])[2H]. The van der Waals surface area contributed by atoms with Gasteiger partial charge in [0.1, 0.15) is 5.75 Å². The summed E-state index contributed by atoms with van der Waals surface area (Å²) in [4.78, 5) is 11.2. The van der Waals surface area contributed by atoms with Crippen molar-refractivity contribution in [1.29, 1.82) is 0 Å². The summed E-state index contributed by atoms with van der Waals surface area (Å²) in [5, 5.41) is 0. The Morgan fingerprint density at radius 1 is 1.47 bits per heavy atom. The zero-order valence-corrected chi connectivity index (χ0v) is 9.51. The zero-order valence-electron chi connectivity index (χ0n) is 16.9. The van der Waals surface area contributed by atoms with Crippen LogP contribution in [-0.4, -0.2) is 13.4 Å². The number of aldehydes is 1. The molecule has 0 aliphatic carbocycles. The maximum atomic E-state index is 11.2. The highest BCUT2D eigenvalue weighted by molar-refractivity contribution is 9.10. The van der Waals surface area contributed by atoms with E-state index in [1.54, 1.807) is 0 Å². The molecule has 0 amide bonds. The Bertz CT molecular complexity index is 595. The highest BCUT2D eigenvalue weighted by atomic mass is 79.9. The standard InChI is InChI=1S/C12H15BrO2/c1-12(2,3)10-6-9(13)5-8(7-14)11(10)15-4/h5-7H,1-4H3/i1D3,2D3,3D3. The summed E-state index contributed by atoms with van der Waals surface area (Å²) >= 11 is 3.04. The summed E-state index contributed by atoms with van der Waals surface area (Å²) in [5.74, 6) is -0.392. The number of rotatable bonds is 2. The average Bonchev–Trinajstić information content (AvgIpc) is 2.33. The molecule has 0 spiro atoms. The molecule has 82 valence electrons. The highest BCUT2D eigenvalue weighted by Crippen LogP contribution is 2.35. The minimum Gasteiger partial charge on any atom is -0.496 e. The van der Waals surface area contributed by atoms with Gasteiger partial charge in [-0.1, -0.05) is 36.5 Å². The molecule has 0 bridgehead atoms. The van der Waals surface area contributed by atoms with Crippen LogP contribution in [0.2, 0.25) is 0 Å². The fourth-order valence-electron chi connectivity index (χ4n) is 1.21. The Kier molecular flexibility index (Phi) is 1.33. The number of halogens is 1. The summed E-state index contributed by atoms with van der Waals surface area (Å²) in [6.45, 7) is -10.3. The maximum absolute atomic E-state index is 11.2. The lowest BCUT2D eigenvalue weighted by atomic mass is 9.85. The first kappa shape index (κ1) is 4.58. The van der Waals surface area contributed by atoms with Gasteiger partial charge < -0.3 is 4.74 Å². The summed E-state index contributed by atoms with van der Waals surface area (Å²) < 4.78 is 74.6. The van der Waals surface area contributed by atoms with Crippen LogP contribution in [0.25, 0.3) is 0 Å². The number of methoxy groups -OCH3 is 1. The molecule has 0 heterocycles. The van der Waals surface area contributed by atoms with Gasteiger partial charge in [0.05, 0.1) is 12.7 Å². The molecule has 1 aromatic carbocycles. The lowest BCUT2D eigenvalue weighted by Crippen LogP contribution is -2.14. The molecule has 0 radical (unpaired) electrons. The van der Waals surface area contributed by atoms with Crippen molar-refractivity contribution in [2.75, 3.05) is 7.11 Å². The van der Waals surface area contributed by atoms with Gasteiger partial charge in [-0.15, -0.1) is 0 Å². The number of ether oxygens (including phenoxy) is 1. The molecule has 15 heavy (non-hydrogen) atoms. The van der Waals surface area contributed by atoms with Crippen molar-refractivity contribution in [1.82, 2.24) is 0 Å². The third-order valence-electron chi connectivity index (χ3n) is 1.82. The van der Waals surface area contributed by atoms with Crippen molar-refractivity contribution in [3.8, 4) is 5.75 Å². The first-order valence-electron chi connectivity index (χ1n) is 8.48. The van der Waals surface area contributed by atoms with Crippen LogP contribution in [-0.2, 0) is 5.41 Å². The molecule has 0 saturated carbocycles. The van der Waals surface area contributed by atoms with Gasteiger partial charge in [0.2, 0.25) is 0 Å². The van der Waals surface area contributed by atoms with Gasteiger partial charge in [0, 0.05) is 22.4 Å². The van der Waals surface area contributed by atoms with Crippen LogP contribution in [0.5, 0.6) is 5.75 Å². The molecule has 0 aliphatic heterocycles. The van der Waals surface area contributed by atoms with E-state index in [4.69, 9.17) is 17.1 Å². The quantitative estimate of drug-likeness (QED) is 0.774. The van der Waals surface area contributed by atoms with Gasteiger partial charge in [-0.3, -0.25) is 4.79 Å². The summed E-state index contributed by atoms with van der Waals surface area (Å²) in [6.07, 6.45) is 0.330. The van der Waals surface area contributed by atoms with E-state index in [9.17, 15) is 4.79 Å². The molecule has 0 saturated heterocycles. The Labute approximate surface area is 111 Å². The van der Waals surface area contributed by atoms with E-state index in [2.05, 4.69) is 15.9 Å². The first-order valence-corrected chi connectivity index (χ1v) is 4.77. The lowest BCUT2D eigenvalue weighted by Gasteiger charge is -2.23. The largest absolute Gasteiger partial charge is 0.496 e. The van der Waals surface area contributed by atoms with Crippen LogP contribution in [0.4, 0.5) is 0 Å². The van der Waals surface area contributed by atoms with E-state index in [-0.39, 0.29) is 10.0 Å². The van der Waals surface area contributed by atoms with Crippen LogP contribution in [0.1, 0.15) is 48.8 Å². The molecule has 0 aliphatic rings. The highest BCUT2D eigenvalue weighted by Gasteiger charge is 2.21. The van der Waals surface area contributed by atoms with E-state index < -0.39 is 37.3 Å². The third-order valence-corrected chi connectivity index (χ3v) is 2.28. The van der Waals surface area contributed by atoms with Crippen molar-refractivity contribution in [2.24, 2.45) is 0 Å². The summed E-state index contributed by atoms with van der Waals surface area (Å²) in [5.41, 5.74) is -4.00. The molecule has 1 rings (SSSR count). The topological polar surface area (TPSA) is 26.3 Å². The van der Waals surface area contributed by atoms with E-state index in [1.807, 2.05) is 0 Å². The van der Waals surface area contributed by atoms with Gasteiger partial charge in [0.15, 0.2) is 6.29 Å². The van der Waals surface area contributed by atoms with Crippen LogP contribution in [0.15, 0.2) is 16.6 Å². The van der Waals surface area contributed by atoms with Crippen molar-refractivity contribution < 1.29 is 21.9 Å². The van der Waals surface area contributed by atoms with Crippen LogP contribution in [0, 0.1) is 0 Å². The molecule has 0 atom stereocenters. The van der Waals surface area contributed by atoms with E-state index in [0.29, 0.717) is 6.29 Å². The van der Waals surface area contributed by atoms with Gasteiger partial charge in [0.25, 0.3) is 0 Å². The monoisotopic (exact) mass is 279 g/mol. The number of hydrogen-bond acceptors (Lipinski definition) is 2. The van der Waals surface area contributed by atoms with E-state index in [0.717, 1.165) is 13.2 Å². The predicted octanol–water partition coefficient (Wildman–Crippen LogP) is 3.57. The molecule has 2 nitrogen and oxygen atoms in total. The number of carbonyl (C=O) groups excluding carboxylic acids is 1. The van der Waals surface area contributed by atoms with Crippen LogP contribution in [0.3, 0.4) is 0 Å². The van der Waals surface area contributed by atoms with Crippen molar-refractivity contribution >= 4 is 22.2 Å². The van der Waals surface area contributed by atoms with Gasteiger partial charge in [-0.05, 0) is 17.5 Å². The molecular formula is C12H15BrO2. The maximum Gasteiger partial charge on any atom is 0.153 e. The zero-order chi connectivity index (χ0) is 19.1. The Morgan fingerprint density at radius 3 is 2.60 bits per heavy atom. The van der Waals surface area contributed by atoms with Crippen molar-refractivity contribution in [2.45, 2.75) is 26.0 Å². The second-order valence-corrected chi connectivity index (χ2v) is 3.86. The summed E-state index contributed by atoms with van der Waals surface area (Å²) in [7, 11) is 1.10. The minimum atomic E-state index is -3.43. The normalized spacial score (nSPS) is 22.7. The fraction of sp³-hybridized carbons (Fsp3) is 0.417. The number of hydrogen-bond donors (Lipinski definition) is 0. The summed E-state index contributed by atoms with van der Waals surface area (Å²) in [6, 6.07) is 2.33. The Morgan fingerprint density at radius 2 is 2.13 bits per heavy atom. The smallest absolute Gasteiger partial charge is 0.153 e. The number of benzene rings is 1. The molecule has 0 N–H and O–H groups in total. The second kappa shape index (κ2) is 4.35. The van der Waals surface area contributed by atoms with Crippen LogP contribution < -0.4 is 4.74 Å². The Balaban J connectivity index is 4.17. The molecule has 0 fully saturated rings. The van der Waals surface area contributed by atoms with Gasteiger partial charge in [-0.2, -0.15) is 0 Å². The average molecular weight is 280 g/mol. The number of carbonyl (C=O) groups is 1. The lowest BCUT2D eigenvalue weighted by molar-refractivity contribution is 0.112. The van der Waals surface area contributed by atoms with E-state index in [1.165, 1.54) is 6.07 Å². The third kappa shape index (κ3) is 2.59. The molecule has 3 heteroatoms. The predicted molar refractivity (Wildman–Crippen MR) is 64.8 cm³/mol. The minimum absolute atomic E-state index is 0.155. The van der Waals surface area contributed by atoms with Crippen LogP contribution >= 0.6 is 15.9 Å². The Hall–Kier alpha value is -0.830. The van der Waals surface area contributed by atoms with Gasteiger partial charge in [-0.25, -0.2) is 0 Å². The van der Waals surface area contributed by atoms with E-state index >= 15 is 0 Å². The van der Waals surface area contributed by atoms with Gasteiger partial charge >= 0.3 is 0 Å². The first-order chi connectivity index (χ1) is 10.6. The molecule has 0 unspecified atom stereocenters. The molecular weight excluding hydrogens is 256 g/mol. The molecule has 0 aromatic heterocycles. The fourth-order valence-corrected chi connectivity index (χ4v) is 1.68. The molecule has 1 aromatic rings. The second-order valence-electron chi connectivity index (χ2n) is 2.94. The van der Waals surface area contributed by atoms with Crippen molar-refractivity contribution in [3.05, 3.63) is 27.7 Å².